The van der Waals surface area contributed by atoms with Crippen molar-refractivity contribution in [1.29, 1.82) is 0 Å². The highest BCUT2D eigenvalue weighted by molar-refractivity contribution is 7.07. The van der Waals surface area contributed by atoms with Crippen molar-refractivity contribution in [3.8, 4) is 0 Å². The van der Waals surface area contributed by atoms with Gasteiger partial charge in [0.05, 0.1) is 28.5 Å². The Kier molecular flexibility index (Phi) is 7.24. The van der Waals surface area contributed by atoms with Gasteiger partial charge in [0.25, 0.3) is 5.56 Å². The summed E-state index contributed by atoms with van der Waals surface area (Å²) in [6.07, 6.45) is 1.93. The van der Waals surface area contributed by atoms with E-state index in [9.17, 15) is 14.0 Å². The summed E-state index contributed by atoms with van der Waals surface area (Å²) in [5, 5.41) is 1.02. The highest BCUT2D eigenvalue weighted by Gasteiger charge is 2.33. The number of nitrogens with zero attached hydrogens (tertiary/aromatic N) is 3. The van der Waals surface area contributed by atoms with E-state index in [1.165, 1.54) is 23.5 Å². The first-order chi connectivity index (χ1) is 20.3. The van der Waals surface area contributed by atoms with Crippen LogP contribution in [0.5, 0.6) is 0 Å². The van der Waals surface area contributed by atoms with Crippen molar-refractivity contribution < 1.29 is 13.9 Å². The third-order valence-electron chi connectivity index (χ3n) is 7.72. The van der Waals surface area contributed by atoms with Gasteiger partial charge < -0.3 is 9.30 Å². The topological polar surface area (TPSA) is 65.6 Å². The molecule has 0 fully saturated rings. The lowest BCUT2D eigenvalue weighted by Crippen LogP contribution is -2.39. The first kappa shape index (κ1) is 27.6. The molecular weight excluding hydrogens is 549 g/mol. The van der Waals surface area contributed by atoms with E-state index in [-0.39, 0.29) is 18.0 Å². The molecule has 0 saturated carbocycles. The number of carbonyl (C=O) groups excluding carboxylic acids is 1. The molecule has 6 rings (SSSR count). The molecule has 6 nitrogen and oxygen atoms in total. The number of hydrogen-bond acceptors (Lipinski definition) is 5. The number of esters is 1. The average molecular weight is 580 g/mol. The standard InChI is InChI=1S/C34H30FN3O3S/c1-5-41-33(40)30-21(3)36-34-38(31(30)24-14-10-20(2)11-15-24)32(39)29(42-34)18-27-22(4)37(28-9-7-6-8-26(27)28)19-23-12-16-25(35)17-13-23/h6-18,31H,5,19H2,1-4H3/b29-18-/t31-/m0/s1. The Balaban J connectivity index is 1.54. The molecule has 0 saturated heterocycles. The number of ether oxygens (including phenoxy) is 1. The van der Waals surface area contributed by atoms with Crippen molar-refractivity contribution in [3.63, 3.8) is 0 Å². The summed E-state index contributed by atoms with van der Waals surface area (Å²) in [5.41, 5.74) is 6.52. The molecule has 0 amide bonds. The lowest BCUT2D eigenvalue weighted by molar-refractivity contribution is -0.139. The third kappa shape index (κ3) is 4.81. The monoisotopic (exact) mass is 579 g/mol. The molecule has 5 aromatic rings. The number of hydrogen-bond donors (Lipinski definition) is 0. The zero-order valence-electron chi connectivity index (χ0n) is 23.8. The van der Waals surface area contributed by atoms with Gasteiger partial charge in [-0.15, -0.1) is 0 Å². The molecule has 0 unspecified atom stereocenters. The lowest BCUT2D eigenvalue weighted by atomic mass is 9.95. The summed E-state index contributed by atoms with van der Waals surface area (Å²) in [4.78, 5) is 32.5. The number of halogens is 1. The van der Waals surface area contributed by atoms with Crippen LogP contribution in [0.4, 0.5) is 4.39 Å². The van der Waals surface area contributed by atoms with E-state index < -0.39 is 12.0 Å². The average Bonchev–Trinajstić information content (AvgIpc) is 3.42. The van der Waals surface area contributed by atoms with Gasteiger partial charge in [-0.05, 0) is 63.1 Å². The SMILES string of the molecule is CCOC(=O)C1=C(C)N=c2s/c(=C\c3c(C)n(Cc4ccc(F)cc4)c4ccccc34)c(=O)n2[C@H]1c1ccc(C)cc1. The van der Waals surface area contributed by atoms with Gasteiger partial charge in [-0.2, -0.15) is 0 Å². The van der Waals surface area contributed by atoms with Gasteiger partial charge in [0.1, 0.15) is 5.82 Å². The summed E-state index contributed by atoms with van der Waals surface area (Å²) in [7, 11) is 0. The molecule has 0 aliphatic carbocycles. The zero-order chi connectivity index (χ0) is 29.5. The van der Waals surface area contributed by atoms with Gasteiger partial charge in [-0.25, -0.2) is 14.2 Å². The number of para-hydroxylation sites is 1. The second kappa shape index (κ2) is 11.0. The third-order valence-corrected chi connectivity index (χ3v) is 8.70. The smallest absolute Gasteiger partial charge is 0.338 e. The highest BCUT2D eigenvalue weighted by atomic mass is 32.1. The number of rotatable bonds is 6. The Morgan fingerprint density at radius 1 is 1.02 bits per heavy atom. The van der Waals surface area contributed by atoms with Gasteiger partial charge in [0.2, 0.25) is 0 Å². The number of aromatic nitrogens is 2. The molecule has 0 bridgehead atoms. The Morgan fingerprint density at radius 3 is 2.45 bits per heavy atom. The largest absolute Gasteiger partial charge is 0.463 e. The molecule has 212 valence electrons. The summed E-state index contributed by atoms with van der Waals surface area (Å²) in [6.45, 7) is 8.37. The Morgan fingerprint density at radius 2 is 1.74 bits per heavy atom. The van der Waals surface area contributed by atoms with Crippen LogP contribution in [0.3, 0.4) is 0 Å². The molecule has 2 aromatic heterocycles. The van der Waals surface area contributed by atoms with E-state index in [0.29, 0.717) is 27.1 Å². The van der Waals surface area contributed by atoms with E-state index in [2.05, 4.69) is 10.6 Å². The van der Waals surface area contributed by atoms with Crippen LogP contribution in [0.2, 0.25) is 0 Å². The number of fused-ring (bicyclic) bond motifs is 2. The van der Waals surface area contributed by atoms with Crippen LogP contribution in [0.25, 0.3) is 17.0 Å². The maximum atomic E-state index is 14.1. The maximum Gasteiger partial charge on any atom is 0.338 e. The molecule has 42 heavy (non-hydrogen) atoms. The van der Waals surface area contributed by atoms with Crippen LogP contribution in [0.1, 0.15) is 47.8 Å². The molecule has 0 radical (unpaired) electrons. The second-order valence-corrected chi connectivity index (χ2v) is 11.5. The van der Waals surface area contributed by atoms with Crippen molar-refractivity contribution in [3.05, 3.63) is 138 Å². The normalized spacial score (nSPS) is 15.2. The van der Waals surface area contributed by atoms with Gasteiger partial charge in [0, 0.05) is 28.7 Å². The Bertz CT molecular complexity index is 2050. The van der Waals surface area contributed by atoms with Crippen molar-refractivity contribution in [1.82, 2.24) is 9.13 Å². The molecule has 1 atom stereocenters. The van der Waals surface area contributed by atoms with Crippen LogP contribution in [0, 0.1) is 19.7 Å². The predicted octanol–water partition coefficient (Wildman–Crippen LogP) is 5.56. The van der Waals surface area contributed by atoms with E-state index in [4.69, 9.17) is 9.73 Å². The number of benzene rings is 3. The maximum absolute atomic E-state index is 14.1. The van der Waals surface area contributed by atoms with Crippen LogP contribution in [-0.2, 0) is 16.1 Å². The second-order valence-electron chi connectivity index (χ2n) is 10.4. The van der Waals surface area contributed by atoms with E-state index >= 15 is 0 Å². The molecule has 0 spiro atoms. The minimum Gasteiger partial charge on any atom is -0.463 e. The van der Waals surface area contributed by atoms with Crippen LogP contribution in [0.15, 0.2) is 93.9 Å². The summed E-state index contributed by atoms with van der Waals surface area (Å²) < 4.78 is 23.3. The van der Waals surface area contributed by atoms with E-state index in [0.717, 1.165) is 38.9 Å². The molecule has 3 aromatic carbocycles. The predicted molar refractivity (Wildman–Crippen MR) is 164 cm³/mol. The zero-order valence-corrected chi connectivity index (χ0v) is 24.7. The first-order valence-corrected chi connectivity index (χ1v) is 14.7. The Labute approximate surface area is 246 Å². The minimum atomic E-state index is -0.649. The van der Waals surface area contributed by atoms with Crippen LogP contribution in [-0.4, -0.2) is 21.7 Å². The molecule has 8 heteroatoms. The lowest BCUT2D eigenvalue weighted by Gasteiger charge is -2.24. The molecule has 3 heterocycles. The quantitative estimate of drug-likeness (QED) is 0.248. The number of carbonyl (C=O) groups is 1. The molecule has 1 aliphatic rings. The number of aryl methyl sites for hydroxylation is 1. The van der Waals surface area contributed by atoms with Gasteiger partial charge in [-0.1, -0.05) is 71.5 Å². The fourth-order valence-corrected chi connectivity index (χ4v) is 6.63. The van der Waals surface area contributed by atoms with Crippen LogP contribution >= 0.6 is 11.3 Å². The highest BCUT2D eigenvalue weighted by Crippen LogP contribution is 2.31. The minimum absolute atomic E-state index is 0.214. The van der Waals surface area contributed by atoms with E-state index in [1.807, 2.05) is 62.4 Å². The van der Waals surface area contributed by atoms with Gasteiger partial charge >= 0.3 is 5.97 Å². The van der Waals surface area contributed by atoms with Crippen molar-refractivity contribution in [2.75, 3.05) is 6.61 Å². The number of allylic oxidation sites excluding steroid dienone is 1. The first-order valence-electron chi connectivity index (χ1n) is 13.8. The summed E-state index contributed by atoms with van der Waals surface area (Å²) in [6, 6.07) is 21.8. The summed E-state index contributed by atoms with van der Waals surface area (Å²) in [5.74, 6) is -0.743. The van der Waals surface area contributed by atoms with Gasteiger partial charge in [-0.3, -0.25) is 9.36 Å². The van der Waals surface area contributed by atoms with Crippen LogP contribution < -0.4 is 14.9 Å². The van der Waals surface area contributed by atoms with Crippen molar-refractivity contribution >= 4 is 34.3 Å². The van der Waals surface area contributed by atoms with E-state index in [1.54, 1.807) is 30.5 Å². The number of thiazole rings is 1. The summed E-state index contributed by atoms with van der Waals surface area (Å²) >= 11 is 1.31. The Hall–Kier alpha value is -4.56. The fourth-order valence-electron chi connectivity index (χ4n) is 5.60. The van der Waals surface area contributed by atoms with Crippen molar-refractivity contribution in [2.45, 2.75) is 40.3 Å². The molecule has 0 N–H and O–H groups in total. The molecular formula is C34H30FN3O3S. The fraction of sp³-hybridized carbons (Fsp3) is 0.206. The molecule has 1 aliphatic heterocycles. The van der Waals surface area contributed by atoms with Crippen molar-refractivity contribution in [2.24, 2.45) is 4.99 Å². The van der Waals surface area contributed by atoms with Gasteiger partial charge in [0.15, 0.2) is 4.80 Å².